The van der Waals surface area contributed by atoms with Crippen LogP contribution in [-0.4, -0.2) is 25.0 Å². The van der Waals surface area contributed by atoms with E-state index in [0.717, 1.165) is 5.52 Å². The Hall–Kier alpha value is -2.87. The third kappa shape index (κ3) is 3.03. The molecule has 3 aromatic heterocycles. The minimum atomic E-state index is -2.65. The molecule has 132 valence electrons. The maximum Gasteiger partial charge on any atom is 0.265 e. The van der Waals surface area contributed by atoms with Gasteiger partial charge in [-0.2, -0.15) is 5.10 Å². The fourth-order valence-corrected chi connectivity index (χ4v) is 2.86. The minimum Gasteiger partial charge on any atom is -0.424 e. The molecule has 3 heterocycles. The second-order valence-electron chi connectivity index (χ2n) is 5.68. The molecule has 4 aromatic rings. The largest absolute Gasteiger partial charge is 0.424 e. The SMILES string of the molecule is Cc1nnc(Cn2ncc3ncc(-c4ccc(Cl)c(C(F)F)c4)cc32)o1. The number of hydrogen-bond donors (Lipinski definition) is 0. The van der Waals surface area contributed by atoms with Gasteiger partial charge >= 0.3 is 0 Å². The molecule has 26 heavy (non-hydrogen) atoms. The number of alkyl halides is 2. The van der Waals surface area contributed by atoms with Crippen molar-refractivity contribution in [3.8, 4) is 11.1 Å². The Balaban J connectivity index is 1.75. The zero-order valence-corrected chi connectivity index (χ0v) is 14.3. The lowest BCUT2D eigenvalue weighted by Crippen LogP contribution is -2.02. The van der Waals surface area contributed by atoms with Crippen LogP contribution in [0.2, 0.25) is 5.02 Å². The summed E-state index contributed by atoms with van der Waals surface area (Å²) in [5.74, 6) is 0.889. The number of benzene rings is 1. The molecule has 0 bridgehead atoms. The summed E-state index contributed by atoms with van der Waals surface area (Å²) >= 11 is 5.84. The van der Waals surface area contributed by atoms with Gasteiger partial charge in [-0.25, -0.2) is 8.78 Å². The van der Waals surface area contributed by atoms with Crippen molar-refractivity contribution >= 4 is 22.6 Å². The van der Waals surface area contributed by atoms with Crippen molar-refractivity contribution in [3.05, 3.63) is 59.0 Å². The van der Waals surface area contributed by atoms with E-state index in [0.29, 0.717) is 35.0 Å². The normalized spacial score (nSPS) is 11.6. The van der Waals surface area contributed by atoms with Gasteiger partial charge in [-0.3, -0.25) is 9.67 Å². The van der Waals surface area contributed by atoms with E-state index < -0.39 is 6.43 Å². The minimum absolute atomic E-state index is 0.0367. The number of aromatic nitrogens is 5. The van der Waals surface area contributed by atoms with Crippen molar-refractivity contribution in [2.45, 2.75) is 19.9 Å². The van der Waals surface area contributed by atoms with Crippen LogP contribution in [0.1, 0.15) is 23.8 Å². The number of hydrogen-bond acceptors (Lipinski definition) is 5. The van der Waals surface area contributed by atoms with Crippen LogP contribution in [0.4, 0.5) is 8.78 Å². The Labute approximate surface area is 151 Å². The molecule has 0 aliphatic carbocycles. The van der Waals surface area contributed by atoms with E-state index in [2.05, 4.69) is 20.3 Å². The zero-order valence-electron chi connectivity index (χ0n) is 13.5. The molecule has 0 saturated heterocycles. The maximum absolute atomic E-state index is 13.1. The summed E-state index contributed by atoms with van der Waals surface area (Å²) in [6, 6.07) is 6.34. The van der Waals surface area contributed by atoms with Gasteiger partial charge in [-0.1, -0.05) is 17.7 Å². The highest BCUT2D eigenvalue weighted by molar-refractivity contribution is 6.31. The molecule has 0 saturated carbocycles. The molecule has 0 aliphatic rings. The molecule has 0 radical (unpaired) electrons. The summed E-state index contributed by atoms with van der Waals surface area (Å²) in [4.78, 5) is 4.35. The maximum atomic E-state index is 13.1. The lowest BCUT2D eigenvalue weighted by molar-refractivity contribution is 0.151. The van der Waals surface area contributed by atoms with Crippen LogP contribution in [0, 0.1) is 6.92 Å². The molecule has 0 amide bonds. The Morgan fingerprint density at radius 1 is 1.15 bits per heavy atom. The van der Waals surface area contributed by atoms with E-state index in [1.807, 2.05) is 6.07 Å². The predicted octanol–water partition coefficient (Wildman–Crippen LogP) is 4.43. The summed E-state index contributed by atoms with van der Waals surface area (Å²) in [5.41, 5.74) is 2.47. The first-order valence-corrected chi connectivity index (χ1v) is 8.07. The summed E-state index contributed by atoms with van der Waals surface area (Å²) in [5, 5.41) is 12.1. The Morgan fingerprint density at radius 2 is 2.00 bits per heavy atom. The van der Waals surface area contributed by atoms with E-state index in [1.54, 1.807) is 30.1 Å². The lowest BCUT2D eigenvalue weighted by Gasteiger charge is -2.08. The first kappa shape index (κ1) is 16.6. The molecule has 0 N–H and O–H groups in total. The molecule has 9 heteroatoms. The molecule has 0 unspecified atom stereocenters. The highest BCUT2D eigenvalue weighted by atomic mass is 35.5. The number of fused-ring (bicyclic) bond motifs is 1. The zero-order chi connectivity index (χ0) is 18.3. The summed E-state index contributed by atoms with van der Waals surface area (Å²) < 4.78 is 33.2. The molecule has 0 atom stereocenters. The van der Waals surface area contributed by atoms with E-state index in [1.165, 1.54) is 12.1 Å². The van der Waals surface area contributed by atoms with Crippen LogP contribution in [-0.2, 0) is 6.54 Å². The molecule has 0 aliphatic heterocycles. The molecular weight excluding hydrogens is 364 g/mol. The van der Waals surface area contributed by atoms with Gasteiger partial charge in [0.2, 0.25) is 11.8 Å². The highest BCUT2D eigenvalue weighted by Gasteiger charge is 2.15. The number of aryl methyl sites for hydroxylation is 1. The van der Waals surface area contributed by atoms with Gasteiger partial charge in [0.1, 0.15) is 12.1 Å². The van der Waals surface area contributed by atoms with E-state index in [9.17, 15) is 8.78 Å². The van der Waals surface area contributed by atoms with Gasteiger partial charge in [0.15, 0.2) is 0 Å². The van der Waals surface area contributed by atoms with E-state index in [-0.39, 0.29) is 10.6 Å². The van der Waals surface area contributed by atoms with Crippen molar-refractivity contribution in [1.29, 1.82) is 0 Å². The number of nitrogens with zero attached hydrogens (tertiary/aromatic N) is 5. The van der Waals surface area contributed by atoms with Gasteiger partial charge in [0.25, 0.3) is 6.43 Å². The average molecular weight is 376 g/mol. The standard InChI is InChI=1S/C17H12ClF2N5O/c1-9-23-24-16(26-9)8-25-15-5-11(6-21-14(15)7-22-25)10-2-3-13(18)12(4-10)17(19)20/h2-7,17H,8H2,1H3. The van der Waals surface area contributed by atoms with Gasteiger partial charge in [-0.15, -0.1) is 10.2 Å². The monoisotopic (exact) mass is 375 g/mol. The Morgan fingerprint density at radius 3 is 2.73 bits per heavy atom. The van der Waals surface area contributed by atoms with E-state index in [4.69, 9.17) is 16.0 Å². The van der Waals surface area contributed by atoms with Gasteiger partial charge < -0.3 is 4.42 Å². The van der Waals surface area contributed by atoms with Crippen molar-refractivity contribution < 1.29 is 13.2 Å². The lowest BCUT2D eigenvalue weighted by atomic mass is 10.0. The van der Waals surface area contributed by atoms with Gasteiger partial charge in [-0.05, 0) is 23.8 Å². The third-order valence-corrected chi connectivity index (χ3v) is 4.26. The van der Waals surface area contributed by atoms with Crippen LogP contribution in [0.15, 0.2) is 41.1 Å². The number of halogens is 3. The summed E-state index contributed by atoms with van der Waals surface area (Å²) in [7, 11) is 0. The first-order chi connectivity index (χ1) is 12.5. The predicted molar refractivity (Wildman–Crippen MR) is 91.1 cm³/mol. The van der Waals surface area contributed by atoms with E-state index >= 15 is 0 Å². The summed E-state index contributed by atoms with van der Waals surface area (Å²) in [6.45, 7) is 2.00. The first-order valence-electron chi connectivity index (χ1n) is 7.70. The Kier molecular flexibility index (Phi) is 4.12. The van der Waals surface area contributed by atoms with Crippen molar-refractivity contribution in [2.24, 2.45) is 0 Å². The second kappa shape index (κ2) is 6.45. The van der Waals surface area contributed by atoms with Crippen molar-refractivity contribution in [1.82, 2.24) is 25.0 Å². The Bertz CT molecular complexity index is 1090. The van der Waals surface area contributed by atoms with Gasteiger partial charge in [0, 0.05) is 29.3 Å². The van der Waals surface area contributed by atoms with Crippen LogP contribution < -0.4 is 0 Å². The van der Waals surface area contributed by atoms with Gasteiger partial charge in [0.05, 0.1) is 11.7 Å². The van der Waals surface area contributed by atoms with Crippen molar-refractivity contribution in [2.75, 3.05) is 0 Å². The van der Waals surface area contributed by atoms with Crippen LogP contribution in [0.3, 0.4) is 0 Å². The topological polar surface area (TPSA) is 69.6 Å². The molecular formula is C17H12ClF2N5O. The highest BCUT2D eigenvalue weighted by Crippen LogP contribution is 2.32. The molecule has 6 nitrogen and oxygen atoms in total. The number of rotatable bonds is 4. The molecule has 4 rings (SSSR count). The van der Waals surface area contributed by atoms with Crippen molar-refractivity contribution in [3.63, 3.8) is 0 Å². The second-order valence-corrected chi connectivity index (χ2v) is 6.09. The third-order valence-electron chi connectivity index (χ3n) is 3.91. The fraction of sp³-hybridized carbons (Fsp3) is 0.176. The molecule has 1 aromatic carbocycles. The van der Waals surface area contributed by atoms with Crippen LogP contribution >= 0.6 is 11.6 Å². The smallest absolute Gasteiger partial charge is 0.265 e. The van der Waals surface area contributed by atoms with Crippen LogP contribution in [0.25, 0.3) is 22.2 Å². The average Bonchev–Trinajstić information content (AvgIpc) is 3.21. The fourth-order valence-electron chi connectivity index (χ4n) is 2.66. The molecule has 0 fully saturated rings. The molecule has 0 spiro atoms. The summed E-state index contributed by atoms with van der Waals surface area (Å²) in [6.07, 6.45) is 0.587. The number of pyridine rings is 1. The quantitative estimate of drug-likeness (QED) is 0.527. The van der Waals surface area contributed by atoms with Crippen LogP contribution in [0.5, 0.6) is 0 Å².